The Balaban J connectivity index is 1.82. The normalized spacial score (nSPS) is 11.6. The molecule has 0 saturated carbocycles. The predicted molar refractivity (Wildman–Crippen MR) is 135 cm³/mol. The summed E-state index contributed by atoms with van der Waals surface area (Å²) in [5.41, 5.74) is 2.97. The third kappa shape index (κ3) is 4.03. The molecule has 4 rings (SSSR count). The summed E-state index contributed by atoms with van der Waals surface area (Å²) in [6.07, 6.45) is 0. The Morgan fingerprint density at radius 2 is 1.71 bits per heavy atom. The number of fused-ring (bicyclic) bond motifs is 1. The molecule has 1 N–H and O–H groups in total. The smallest absolute Gasteiger partial charge is 0.265 e. The number of nitrogens with one attached hydrogen (secondary N) is 1. The molecule has 0 saturated heterocycles. The van der Waals surface area contributed by atoms with Gasteiger partial charge in [-0.15, -0.1) is 0 Å². The fourth-order valence-electron chi connectivity index (χ4n) is 4.09. The van der Waals surface area contributed by atoms with Crippen LogP contribution >= 0.6 is 11.6 Å². The second kappa shape index (κ2) is 8.77. The molecule has 0 aliphatic heterocycles. The van der Waals surface area contributed by atoms with E-state index in [1.54, 1.807) is 64.3 Å². The van der Waals surface area contributed by atoms with Crippen LogP contribution < -0.4 is 15.0 Å². The summed E-state index contributed by atoms with van der Waals surface area (Å²) in [5.74, 6) is 1.12. The molecular weight excluding hydrogens is 474 g/mol. The molecule has 1 aromatic heterocycles. The lowest BCUT2D eigenvalue weighted by Crippen LogP contribution is -2.22. The first-order valence-electron chi connectivity index (χ1n) is 10.5. The van der Waals surface area contributed by atoms with Gasteiger partial charge in [0.15, 0.2) is 0 Å². The maximum Gasteiger partial charge on any atom is 0.265 e. The van der Waals surface area contributed by atoms with Crippen molar-refractivity contribution < 1.29 is 13.2 Å². The molecule has 0 bridgehead atoms. The second-order valence-electron chi connectivity index (χ2n) is 8.06. The van der Waals surface area contributed by atoms with Crippen molar-refractivity contribution in [3.05, 3.63) is 86.4 Å². The van der Waals surface area contributed by atoms with Crippen molar-refractivity contribution in [1.29, 1.82) is 0 Å². The fourth-order valence-corrected chi connectivity index (χ4v) is 5.77. The third-order valence-electron chi connectivity index (χ3n) is 5.87. The number of methoxy groups -OCH3 is 1. The first kappa shape index (κ1) is 23.8. The Labute approximate surface area is 203 Å². The molecule has 0 fully saturated rings. The van der Waals surface area contributed by atoms with Crippen LogP contribution in [0.4, 0.5) is 5.69 Å². The zero-order valence-electron chi connectivity index (χ0n) is 19.4. The van der Waals surface area contributed by atoms with E-state index in [9.17, 15) is 13.2 Å². The largest absolute Gasteiger partial charge is 0.496 e. The van der Waals surface area contributed by atoms with Gasteiger partial charge >= 0.3 is 0 Å². The third-order valence-corrected chi connectivity index (χ3v) is 7.69. The van der Waals surface area contributed by atoms with Crippen LogP contribution in [0.15, 0.2) is 58.2 Å². The average molecular weight is 498 g/mol. The molecule has 0 atom stereocenters. The molecule has 0 aliphatic rings. The molecule has 0 aliphatic carbocycles. The van der Waals surface area contributed by atoms with Gasteiger partial charge in [0.2, 0.25) is 0 Å². The summed E-state index contributed by atoms with van der Waals surface area (Å²) in [7, 11) is -2.43. The highest BCUT2D eigenvalue weighted by Gasteiger charge is 2.23. The molecule has 7 nitrogen and oxygen atoms in total. The Hall–Kier alpha value is -3.36. The van der Waals surface area contributed by atoms with E-state index in [2.05, 4.69) is 9.71 Å². The summed E-state index contributed by atoms with van der Waals surface area (Å²) in [6.45, 7) is 7.06. The molecular formula is C25H24ClN3O4S. The number of halogens is 1. The number of aromatic nitrogens is 2. The Morgan fingerprint density at radius 3 is 2.41 bits per heavy atom. The number of hydrogen-bond acceptors (Lipinski definition) is 5. The van der Waals surface area contributed by atoms with Crippen LogP contribution in [0.5, 0.6) is 5.75 Å². The molecule has 3 aromatic carbocycles. The molecule has 0 radical (unpaired) electrons. The number of hydrogen-bond donors (Lipinski definition) is 1. The van der Waals surface area contributed by atoms with Gasteiger partial charge in [-0.05, 0) is 80.8 Å². The van der Waals surface area contributed by atoms with Crippen molar-refractivity contribution in [2.24, 2.45) is 0 Å². The van der Waals surface area contributed by atoms with Crippen molar-refractivity contribution in [3.63, 3.8) is 0 Å². The lowest BCUT2D eigenvalue weighted by Gasteiger charge is -2.18. The SMILES string of the molecule is COc1c(C)cc(S(=O)(=O)Nc2cc(-n3c(C)nc4ccccc4c3=O)ccc2Cl)c(C)c1C. The van der Waals surface area contributed by atoms with E-state index in [1.807, 2.05) is 13.0 Å². The number of rotatable bonds is 5. The summed E-state index contributed by atoms with van der Waals surface area (Å²) < 4.78 is 36.1. The van der Waals surface area contributed by atoms with Crippen molar-refractivity contribution in [1.82, 2.24) is 9.55 Å². The summed E-state index contributed by atoms with van der Waals surface area (Å²) in [5, 5.41) is 0.663. The van der Waals surface area contributed by atoms with Gasteiger partial charge in [-0.25, -0.2) is 13.4 Å². The number of benzene rings is 3. The number of aryl methyl sites for hydroxylation is 2. The van der Waals surface area contributed by atoms with E-state index >= 15 is 0 Å². The first-order valence-corrected chi connectivity index (χ1v) is 12.4. The van der Waals surface area contributed by atoms with Crippen LogP contribution in [0.2, 0.25) is 5.02 Å². The van der Waals surface area contributed by atoms with Gasteiger partial charge in [-0.3, -0.25) is 14.1 Å². The van der Waals surface area contributed by atoms with E-state index in [0.29, 0.717) is 39.3 Å². The van der Waals surface area contributed by atoms with Crippen LogP contribution in [0.25, 0.3) is 16.6 Å². The van der Waals surface area contributed by atoms with Crippen LogP contribution in [0, 0.1) is 27.7 Å². The van der Waals surface area contributed by atoms with Gasteiger partial charge in [0.05, 0.1) is 39.3 Å². The minimum Gasteiger partial charge on any atom is -0.496 e. The maximum atomic E-state index is 13.3. The van der Waals surface area contributed by atoms with Gasteiger partial charge in [0, 0.05) is 0 Å². The van der Waals surface area contributed by atoms with E-state index in [0.717, 1.165) is 5.56 Å². The molecule has 34 heavy (non-hydrogen) atoms. The van der Waals surface area contributed by atoms with Gasteiger partial charge in [-0.2, -0.15) is 0 Å². The number of ether oxygens (including phenoxy) is 1. The fraction of sp³-hybridized carbons (Fsp3) is 0.200. The van der Waals surface area contributed by atoms with Crippen molar-refractivity contribution in [3.8, 4) is 11.4 Å². The first-order chi connectivity index (χ1) is 16.0. The van der Waals surface area contributed by atoms with Crippen molar-refractivity contribution >= 4 is 38.2 Å². The van der Waals surface area contributed by atoms with Crippen LogP contribution in [0.3, 0.4) is 0 Å². The Morgan fingerprint density at radius 1 is 1.00 bits per heavy atom. The van der Waals surface area contributed by atoms with E-state index in [1.165, 1.54) is 10.6 Å². The Kier molecular flexibility index (Phi) is 6.14. The monoisotopic (exact) mass is 497 g/mol. The number of anilines is 1. The predicted octanol–water partition coefficient (Wildman–Crippen LogP) is 5.08. The highest BCUT2D eigenvalue weighted by atomic mass is 35.5. The molecule has 0 amide bonds. The quantitative estimate of drug-likeness (QED) is 0.415. The number of sulfonamides is 1. The molecule has 9 heteroatoms. The van der Waals surface area contributed by atoms with Gasteiger partial charge in [-0.1, -0.05) is 23.7 Å². The van der Waals surface area contributed by atoms with Gasteiger partial charge in [0.25, 0.3) is 15.6 Å². The van der Waals surface area contributed by atoms with Crippen molar-refractivity contribution in [2.75, 3.05) is 11.8 Å². The van der Waals surface area contributed by atoms with Crippen molar-refractivity contribution in [2.45, 2.75) is 32.6 Å². The summed E-state index contributed by atoms with van der Waals surface area (Å²) in [4.78, 5) is 17.8. The summed E-state index contributed by atoms with van der Waals surface area (Å²) >= 11 is 6.35. The lowest BCUT2D eigenvalue weighted by atomic mass is 10.1. The topological polar surface area (TPSA) is 90.3 Å². The zero-order chi connectivity index (χ0) is 24.8. The minimum atomic E-state index is -3.98. The highest BCUT2D eigenvalue weighted by molar-refractivity contribution is 7.92. The van der Waals surface area contributed by atoms with Gasteiger partial charge in [0.1, 0.15) is 11.6 Å². The van der Waals surface area contributed by atoms with E-state index in [4.69, 9.17) is 16.3 Å². The zero-order valence-corrected chi connectivity index (χ0v) is 21.0. The number of para-hydroxylation sites is 1. The highest BCUT2D eigenvalue weighted by Crippen LogP contribution is 2.33. The average Bonchev–Trinajstić information content (AvgIpc) is 2.78. The Bertz CT molecular complexity index is 1610. The van der Waals surface area contributed by atoms with E-state index < -0.39 is 10.0 Å². The van der Waals surface area contributed by atoms with Gasteiger partial charge < -0.3 is 4.74 Å². The molecule has 1 heterocycles. The molecule has 0 unspecified atom stereocenters. The number of nitrogens with zero attached hydrogens (tertiary/aromatic N) is 2. The molecule has 4 aromatic rings. The maximum absolute atomic E-state index is 13.3. The molecule has 0 spiro atoms. The second-order valence-corrected chi connectivity index (χ2v) is 10.1. The standard InChI is InChI=1S/C25H24ClN3O4S/c1-14-12-23(15(2)16(3)24(14)33-5)34(31,32)28-22-13-18(10-11-20(22)26)29-17(4)27-21-9-7-6-8-19(21)25(29)30/h6-13,28H,1-5H3. The van der Waals surface area contributed by atoms with Crippen LogP contribution in [0.1, 0.15) is 22.5 Å². The summed E-state index contributed by atoms with van der Waals surface area (Å²) in [6, 6.07) is 13.4. The lowest BCUT2D eigenvalue weighted by molar-refractivity contribution is 0.407. The molecule has 176 valence electrons. The minimum absolute atomic E-state index is 0.130. The van der Waals surface area contributed by atoms with Crippen LogP contribution in [-0.4, -0.2) is 25.1 Å². The van der Waals surface area contributed by atoms with Crippen LogP contribution in [-0.2, 0) is 10.0 Å². The van der Waals surface area contributed by atoms with E-state index in [-0.39, 0.29) is 21.2 Å².